The minimum atomic E-state index is -3.17. The summed E-state index contributed by atoms with van der Waals surface area (Å²) >= 11 is 6.65. The van der Waals surface area contributed by atoms with Gasteiger partial charge in [-0.15, -0.1) is 6.42 Å². The van der Waals surface area contributed by atoms with E-state index in [2.05, 4.69) is 16.9 Å². The molecule has 2 aliphatic rings. The Kier molecular flexibility index (Phi) is 12.2. The number of nitrogens with zero attached hydrogens (tertiary/aromatic N) is 4. The molecule has 5 aromatic rings. The van der Waals surface area contributed by atoms with Gasteiger partial charge in [-0.25, -0.2) is 0 Å². The van der Waals surface area contributed by atoms with Crippen LogP contribution in [0.25, 0.3) is 11.3 Å². The van der Waals surface area contributed by atoms with E-state index >= 15 is 4.79 Å². The second-order valence-corrected chi connectivity index (χ2v) is 15.0. The van der Waals surface area contributed by atoms with Crippen LogP contribution in [0.1, 0.15) is 54.2 Å². The Morgan fingerprint density at radius 2 is 1.69 bits per heavy atom. The van der Waals surface area contributed by atoms with E-state index in [-0.39, 0.29) is 40.7 Å². The number of alkyl halides is 2. The zero-order valence-electron chi connectivity index (χ0n) is 32.9. The van der Waals surface area contributed by atoms with Gasteiger partial charge in [-0.3, -0.25) is 14.5 Å². The van der Waals surface area contributed by atoms with Gasteiger partial charge in [0.05, 0.1) is 43.0 Å². The van der Waals surface area contributed by atoms with Gasteiger partial charge in [0.25, 0.3) is 11.8 Å². The average molecular weight is 807 g/mol. The van der Waals surface area contributed by atoms with Gasteiger partial charge < -0.3 is 28.6 Å². The normalized spacial score (nSPS) is 15.5. The lowest BCUT2D eigenvalue weighted by Crippen LogP contribution is -2.52. The molecule has 1 saturated heterocycles. The van der Waals surface area contributed by atoms with Crippen molar-refractivity contribution in [2.24, 2.45) is 7.05 Å². The monoisotopic (exact) mass is 806 g/mol. The minimum absolute atomic E-state index is 0.101. The summed E-state index contributed by atoms with van der Waals surface area (Å²) in [4.78, 5) is 35.7. The number of amides is 2. The number of carbonyl (C=O) groups is 2. The highest BCUT2D eigenvalue weighted by Gasteiger charge is 2.35. The number of anilines is 1. The molecule has 2 amide bonds. The maximum atomic E-state index is 15.1. The van der Waals surface area contributed by atoms with E-state index in [1.54, 1.807) is 37.3 Å². The van der Waals surface area contributed by atoms with E-state index in [1.165, 1.54) is 12.1 Å². The Morgan fingerprint density at radius 1 is 0.966 bits per heavy atom. The summed E-state index contributed by atoms with van der Waals surface area (Å²) < 4.78 is 45.3. The van der Waals surface area contributed by atoms with Crippen LogP contribution in [0.15, 0.2) is 84.9 Å². The summed E-state index contributed by atoms with van der Waals surface area (Å²) in [7, 11) is 3.40. The number of hydrogen-bond donors (Lipinski definition) is 0. The zero-order valence-corrected chi connectivity index (χ0v) is 33.7. The first kappa shape index (κ1) is 40.5. The molecule has 2 aliphatic heterocycles. The first-order valence-electron chi connectivity index (χ1n) is 19.1. The van der Waals surface area contributed by atoms with Crippen LogP contribution < -0.4 is 14.4 Å². The largest absolute Gasteiger partial charge is 0.496 e. The molecule has 3 heterocycles. The van der Waals surface area contributed by atoms with Crippen LogP contribution >= 0.6 is 11.6 Å². The molecule has 0 unspecified atom stereocenters. The van der Waals surface area contributed by atoms with Crippen LogP contribution in [0.4, 0.5) is 14.5 Å². The molecule has 9 nitrogen and oxygen atoms in total. The number of aromatic nitrogens is 1. The zero-order chi connectivity index (χ0) is 41.1. The van der Waals surface area contributed by atoms with Crippen LogP contribution in [0.3, 0.4) is 0 Å². The van der Waals surface area contributed by atoms with Crippen LogP contribution in [0.5, 0.6) is 11.5 Å². The lowest BCUT2D eigenvalue weighted by atomic mass is 9.92. The molecule has 0 saturated carbocycles. The molecule has 0 spiro atoms. The van der Waals surface area contributed by atoms with Gasteiger partial charge in [-0.1, -0.05) is 53.9 Å². The molecule has 0 bridgehead atoms. The fourth-order valence-electron chi connectivity index (χ4n) is 7.91. The highest BCUT2D eigenvalue weighted by atomic mass is 35.5. The molecule has 1 aromatic heterocycles. The third-order valence-electron chi connectivity index (χ3n) is 11.3. The molecule has 7 rings (SSSR count). The number of hydrogen-bond acceptors (Lipinski definition) is 6. The maximum Gasteiger partial charge on any atom is 0.387 e. The number of morpholine rings is 1. The van der Waals surface area contributed by atoms with E-state index in [9.17, 15) is 13.6 Å². The number of carbonyl (C=O) groups excluding carboxylic acids is 2. The molecule has 0 aliphatic carbocycles. The van der Waals surface area contributed by atoms with E-state index in [1.807, 2.05) is 71.8 Å². The standard InChI is InChI=1S/C46H45ClF2N4O5/c1-6-31-14-16-35(17-15-31)52(26-33-12-9-13-42(56-5)29(33)2)44(54)37-24-41(50(4)30(37)3)38-23-40(47)43(58-46(48)49)25-39(38)45(55)53-27-34-11-8-7-10-32(34)22-36(53)28-51-18-20-57-21-19-51/h1,7-17,23-25,36,46H,18-22,26-28H2,2-5H3/t36-/m0/s1. The van der Waals surface area contributed by atoms with E-state index in [0.29, 0.717) is 72.2 Å². The Hall–Kier alpha value is -5.67. The molecule has 0 radical (unpaired) electrons. The van der Waals surface area contributed by atoms with Gasteiger partial charge in [-0.2, -0.15) is 8.78 Å². The number of ether oxygens (including phenoxy) is 3. The molecular weight excluding hydrogens is 762 g/mol. The third kappa shape index (κ3) is 8.32. The number of methoxy groups -OCH3 is 1. The summed E-state index contributed by atoms with van der Waals surface area (Å²) in [5.74, 6) is 2.34. The van der Waals surface area contributed by atoms with Crippen molar-refractivity contribution in [2.45, 2.75) is 46.0 Å². The Labute approximate surface area is 342 Å². The summed E-state index contributed by atoms with van der Waals surface area (Å²) in [6.45, 7) is 4.44. The van der Waals surface area contributed by atoms with E-state index in [4.69, 9.17) is 32.2 Å². The van der Waals surface area contributed by atoms with Crippen molar-refractivity contribution in [3.63, 3.8) is 0 Å². The average Bonchev–Trinajstić information content (AvgIpc) is 3.53. The number of halogens is 3. The SMILES string of the molecule is C#Cc1ccc(N(Cc2cccc(OC)c2C)C(=O)c2cc(-c3cc(Cl)c(OC(F)F)cc3C(=O)N3Cc4ccccc4C[C@H]3CN3CCOCC3)n(C)c2C)cc1. The van der Waals surface area contributed by atoms with Crippen molar-refractivity contribution in [1.29, 1.82) is 0 Å². The molecule has 1 fully saturated rings. The summed E-state index contributed by atoms with van der Waals surface area (Å²) in [6, 6.07) is 25.2. The highest BCUT2D eigenvalue weighted by Crippen LogP contribution is 2.39. The molecule has 0 N–H and O–H groups in total. The van der Waals surface area contributed by atoms with Crippen LogP contribution in [0, 0.1) is 26.2 Å². The van der Waals surface area contributed by atoms with Crippen LogP contribution in [-0.2, 0) is 31.3 Å². The lowest BCUT2D eigenvalue weighted by molar-refractivity contribution is -0.0498. The van der Waals surface area contributed by atoms with Crippen molar-refractivity contribution >= 4 is 29.1 Å². The topological polar surface area (TPSA) is 76.5 Å². The van der Waals surface area contributed by atoms with Gasteiger partial charge in [0, 0.05) is 67.5 Å². The molecule has 4 aromatic carbocycles. The number of terminal acetylenes is 1. The quantitative estimate of drug-likeness (QED) is 0.125. The van der Waals surface area contributed by atoms with E-state index in [0.717, 1.165) is 35.3 Å². The second-order valence-electron chi connectivity index (χ2n) is 14.6. The molecule has 300 valence electrons. The van der Waals surface area contributed by atoms with E-state index < -0.39 is 6.61 Å². The minimum Gasteiger partial charge on any atom is -0.496 e. The molecule has 1 atom stereocenters. The van der Waals surface area contributed by atoms with Gasteiger partial charge in [0.1, 0.15) is 11.5 Å². The predicted octanol–water partition coefficient (Wildman–Crippen LogP) is 8.30. The van der Waals surface area contributed by atoms with Crippen molar-refractivity contribution in [1.82, 2.24) is 14.4 Å². The maximum absolute atomic E-state index is 15.1. The van der Waals surface area contributed by atoms with Gasteiger partial charge in [-0.05, 0) is 91.1 Å². The lowest BCUT2D eigenvalue weighted by Gasteiger charge is -2.40. The fourth-order valence-corrected chi connectivity index (χ4v) is 8.12. The van der Waals surface area contributed by atoms with Crippen molar-refractivity contribution in [2.75, 3.05) is 44.9 Å². The van der Waals surface area contributed by atoms with Gasteiger partial charge >= 0.3 is 6.61 Å². The summed E-state index contributed by atoms with van der Waals surface area (Å²) in [5, 5.41) is -0.101. The smallest absolute Gasteiger partial charge is 0.387 e. The summed E-state index contributed by atoms with van der Waals surface area (Å²) in [6.07, 6.45) is 6.28. The number of benzene rings is 4. The highest BCUT2D eigenvalue weighted by molar-refractivity contribution is 6.32. The van der Waals surface area contributed by atoms with Crippen molar-refractivity contribution in [3.05, 3.63) is 135 Å². The Morgan fingerprint density at radius 3 is 2.38 bits per heavy atom. The molecule has 12 heteroatoms. The van der Waals surface area contributed by atoms with Crippen LogP contribution in [0.2, 0.25) is 5.02 Å². The Balaban J connectivity index is 1.32. The number of fused-ring (bicyclic) bond motifs is 1. The summed E-state index contributed by atoms with van der Waals surface area (Å²) in [5.41, 5.74) is 7.23. The first-order valence-corrected chi connectivity index (χ1v) is 19.5. The molecule has 58 heavy (non-hydrogen) atoms. The number of rotatable bonds is 11. The Bertz CT molecular complexity index is 2370. The predicted molar refractivity (Wildman–Crippen MR) is 221 cm³/mol. The third-order valence-corrected chi connectivity index (χ3v) is 11.6. The first-order chi connectivity index (χ1) is 28.0. The van der Waals surface area contributed by atoms with Crippen molar-refractivity contribution < 1.29 is 32.6 Å². The van der Waals surface area contributed by atoms with Gasteiger partial charge in [0.2, 0.25) is 0 Å². The molecular formula is C46H45ClF2N4O5. The second kappa shape index (κ2) is 17.4. The van der Waals surface area contributed by atoms with Gasteiger partial charge in [0.15, 0.2) is 0 Å². The fraction of sp³-hybridized carbons (Fsp3) is 0.304. The van der Waals surface area contributed by atoms with Crippen molar-refractivity contribution in [3.8, 4) is 35.1 Å². The van der Waals surface area contributed by atoms with Crippen LogP contribution in [-0.4, -0.2) is 78.8 Å².